The van der Waals surface area contributed by atoms with E-state index < -0.39 is 0 Å². The van der Waals surface area contributed by atoms with E-state index in [9.17, 15) is 0 Å². The largest absolute Gasteiger partial charge is 0.456 e. The fourth-order valence-corrected chi connectivity index (χ4v) is 14.7. The molecule has 0 N–H and O–H groups in total. The van der Waals surface area contributed by atoms with E-state index in [1.165, 1.54) is 94.6 Å². The highest BCUT2D eigenvalue weighted by Crippen LogP contribution is 2.44. The number of benzene rings is 17. The quantitative estimate of drug-likeness (QED) is 0.102. The Morgan fingerprint density at radius 3 is 0.594 bits per heavy atom. The zero-order valence-electron chi connectivity index (χ0n) is 58.1. The van der Waals surface area contributed by atoms with Crippen LogP contribution >= 0.6 is 0 Å². The number of rotatable bonds is 15. The summed E-state index contributed by atoms with van der Waals surface area (Å²) < 4.78 is 12.7. The molecule has 2 aromatic heterocycles. The molecule has 0 atom stereocenters. The van der Waals surface area contributed by atoms with Crippen molar-refractivity contribution in [1.29, 1.82) is 0 Å². The molecule has 4 heteroatoms. The summed E-state index contributed by atoms with van der Waals surface area (Å²) in [5.74, 6) is 0. The van der Waals surface area contributed by atoms with E-state index in [4.69, 9.17) is 8.83 Å². The van der Waals surface area contributed by atoms with Gasteiger partial charge >= 0.3 is 0 Å². The highest BCUT2D eigenvalue weighted by molar-refractivity contribution is 6.07. The second kappa shape index (κ2) is 28.8. The summed E-state index contributed by atoms with van der Waals surface area (Å²) in [6.45, 7) is 0. The number of fused-ring (bicyclic) bond motifs is 6. The van der Waals surface area contributed by atoms with Crippen molar-refractivity contribution in [3.63, 3.8) is 0 Å². The van der Waals surface area contributed by atoms with Gasteiger partial charge in [-0.1, -0.05) is 309 Å². The molecule has 19 rings (SSSR count). The van der Waals surface area contributed by atoms with Crippen LogP contribution in [0.5, 0.6) is 0 Å². The average molecular weight is 1360 g/mol. The van der Waals surface area contributed by atoms with Gasteiger partial charge in [0.25, 0.3) is 0 Å². The third kappa shape index (κ3) is 13.2. The van der Waals surface area contributed by atoms with Gasteiger partial charge in [0.15, 0.2) is 0 Å². The molecule has 500 valence electrons. The van der Waals surface area contributed by atoms with Crippen molar-refractivity contribution >= 4 is 78.0 Å². The van der Waals surface area contributed by atoms with E-state index in [-0.39, 0.29) is 0 Å². The van der Waals surface area contributed by atoms with Crippen molar-refractivity contribution in [1.82, 2.24) is 0 Å². The van der Waals surface area contributed by atoms with E-state index in [2.05, 4.69) is 410 Å². The van der Waals surface area contributed by atoms with Crippen LogP contribution in [-0.4, -0.2) is 0 Å². The molecule has 2 heterocycles. The fraction of sp³-hybridized carbons (Fsp3) is 0. The minimum atomic E-state index is 0.872. The molecule has 0 amide bonds. The molecule has 0 spiro atoms. The van der Waals surface area contributed by atoms with Crippen LogP contribution in [0.25, 0.3) is 144 Å². The standard InChI is InChI=1S/C54H37NO.C48H33NO/c1-3-10-38(11-4-1)40-18-20-41(21-19-40)42-22-24-44(25-23-42)46-14-9-15-47(36-46)45-28-32-49(33-29-45)55(48-30-26-43(27-31-48)39-12-5-2-6-13-39)50-34-35-52-51-16-7-8-17-53(51)56-54(52)37-50;1-3-11-34(12-4-1)36-21-25-42(26-22-36)49(44-29-30-46-45-19-7-8-20-47(45)50-48(46)33-44)43-27-23-37(24-28-43)39-16-10-18-41(32-39)40-17-9-15-38(31-40)35-13-5-2-6-14-35/h1-37H;1-33H. The zero-order chi connectivity index (χ0) is 70.5. The molecule has 106 heavy (non-hydrogen) atoms. The molecule has 0 saturated heterocycles. The van der Waals surface area contributed by atoms with Gasteiger partial charge in [-0.25, -0.2) is 0 Å². The van der Waals surface area contributed by atoms with E-state index in [1.54, 1.807) is 0 Å². The molecule has 19 aromatic rings. The molecule has 0 unspecified atom stereocenters. The second-order valence-corrected chi connectivity index (χ2v) is 26.8. The molecule has 0 bridgehead atoms. The van der Waals surface area contributed by atoms with Gasteiger partial charge in [0.1, 0.15) is 22.3 Å². The summed E-state index contributed by atoms with van der Waals surface area (Å²) in [6.07, 6.45) is 0. The summed E-state index contributed by atoms with van der Waals surface area (Å²) in [7, 11) is 0. The Morgan fingerprint density at radius 1 is 0.123 bits per heavy atom. The van der Waals surface area contributed by atoms with Crippen molar-refractivity contribution in [2.45, 2.75) is 0 Å². The molecule has 17 aromatic carbocycles. The predicted octanol–water partition coefficient (Wildman–Crippen LogP) is 29.1. The second-order valence-electron chi connectivity index (χ2n) is 26.8. The topological polar surface area (TPSA) is 32.8 Å². The van der Waals surface area contributed by atoms with Crippen LogP contribution in [0.15, 0.2) is 433 Å². The van der Waals surface area contributed by atoms with Crippen LogP contribution in [0.4, 0.5) is 34.1 Å². The number of hydrogen-bond acceptors (Lipinski definition) is 4. The average Bonchev–Trinajstić information content (AvgIpc) is 1.54. The maximum Gasteiger partial charge on any atom is 0.137 e. The van der Waals surface area contributed by atoms with Gasteiger partial charge in [0.2, 0.25) is 0 Å². The Balaban J connectivity index is 0.000000151. The SMILES string of the molecule is c1ccc(-c2ccc(-c3ccc(-c4cccc(-c5ccc(N(c6ccc(-c7ccccc7)cc6)c6ccc7c(c6)oc6ccccc67)cc5)c4)cc3)cc2)cc1.c1ccc(-c2ccc(N(c3ccc(-c4cccc(-c5cccc(-c6ccccc6)c5)c4)cc3)c3ccc4c(c3)oc3ccccc34)cc2)cc1. The minimum Gasteiger partial charge on any atom is -0.456 e. The maximum atomic E-state index is 6.34. The van der Waals surface area contributed by atoms with Gasteiger partial charge < -0.3 is 18.6 Å². The van der Waals surface area contributed by atoms with E-state index in [0.29, 0.717) is 0 Å². The van der Waals surface area contributed by atoms with Crippen molar-refractivity contribution in [3.8, 4) is 100 Å². The lowest BCUT2D eigenvalue weighted by Gasteiger charge is -2.26. The first kappa shape index (κ1) is 64.1. The van der Waals surface area contributed by atoms with Crippen LogP contribution in [0.1, 0.15) is 0 Å². The van der Waals surface area contributed by atoms with Gasteiger partial charge in [-0.3, -0.25) is 0 Å². The first-order valence-electron chi connectivity index (χ1n) is 36.1. The van der Waals surface area contributed by atoms with Gasteiger partial charge in [-0.2, -0.15) is 0 Å². The van der Waals surface area contributed by atoms with Crippen LogP contribution < -0.4 is 9.80 Å². The summed E-state index contributed by atoms with van der Waals surface area (Å²) in [5.41, 5.74) is 31.5. The highest BCUT2D eigenvalue weighted by atomic mass is 16.3. The van der Waals surface area contributed by atoms with Crippen molar-refractivity contribution in [3.05, 3.63) is 425 Å². The van der Waals surface area contributed by atoms with Crippen LogP contribution in [0, 0.1) is 0 Å². The Morgan fingerprint density at radius 2 is 0.311 bits per heavy atom. The normalized spacial score (nSPS) is 11.2. The van der Waals surface area contributed by atoms with Gasteiger partial charge in [0.05, 0.1) is 0 Å². The van der Waals surface area contributed by atoms with Gasteiger partial charge in [0, 0.05) is 67.8 Å². The van der Waals surface area contributed by atoms with Crippen molar-refractivity contribution in [2.24, 2.45) is 0 Å². The molecule has 0 fully saturated rings. The first-order chi connectivity index (χ1) is 52.5. The number of hydrogen-bond donors (Lipinski definition) is 0. The molecule has 0 aliphatic rings. The molecule has 0 aliphatic heterocycles. The summed E-state index contributed by atoms with van der Waals surface area (Å²) in [6, 6.07) is 151. The van der Waals surface area contributed by atoms with Crippen LogP contribution in [0.2, 0.25) is 0 Å². The predicted molar refractivity (Wildman–Crippen MR) is 446 cm³/mol. The third-order valence-electron chi connectivity index (χ3n) is 20.2. The van der Waals surface area contributed by atoms with E-state index in [0.717, 1.165) is 83.6 Å². The number of furan rings is 2. The fourth-order valence-electron chi connectivity index (χ4n) is 14.7. The van der Waals surface area contributed by atoms with Crippen LogP contribution in [-0.2, 0) is 0 Å². The lowest BCUT2D eigenvalue weighted by molar-refractivity contribution is 0.668. The molecule has 0 saturated carbocycles. The third-order valence-corrected chi connectivity index (χ3v) is 20.2. The molecular weight excluding hydrogens is 1290 g/mol. The van der Waals surface area contributed by atoms with Crippen molar-refractivity contribution in [2.75, 3.05) is 9.80 Å². The summed E-state index contributed by atoms with van der Waals surface area (Å²) in [4.78, 5) is 4.61. The lowest BCUT2D eigenvalue weighted by atomic mass is 9.96. The lowest BCUT2D eigenvalue weighted by Crippen LogP contribution is -2.09. The smallest absolute Gasteiger partial charge is 0.137 e. The summed E-state index contributed by atoms with van der Waals surface area (Å²) in [5, 5.41) is 4.50. The Bertz CT molecular complexity index is 6250. The Hall–Kier alpha value is -14.1. The highest BCUT2D eigenvalue weighted by Gasteiger charge is 2.20. The Labute approximate surface area is 617 Å². The van der Waals surface area contributed by atoms with Gasteiger partial charge in [-0.05, 0) is 203 Å². The van der Waals surface area contributed by atoms with Crippen LogP contribution in [0.3, 0.4) is 0 Å². The molecule has 0 aliphatic carbocycles. The molecular formula is C102H70N2O2. The zero-order valence-corrected chi connectivity index (χ0v) is 58.1. The minimum absolute atomic E-state index is 0.872. The summed E-state index contributed by atoms with van der Waals surface area (Å²) >= 11 is 0. The van der Waals surface area contributed by atoms with E-state index >= 15 is 0 Å². The van der Waals surface area contributed by atoms with Gasteiger partial charge in [-0.15, -0.1) is 0 Å². The Kier molecular flexibility index (Phi) is 17.4. The number of nitrogens with zero attached hydrogens (tertiary/aromatic N) is 2. The molecule has 4 nitrogen and oxygen atoms in total. The molecule has 0 radical (unpaired) electrons. The monoisotopic (exact) mass is 1350 g/mol. The van der Waals surface area contributed by atoms with E-state index in [1.807, 2.05) is 24.3 Å². The number of para-hydroxylation sites is 2. The van der Waals surface area contributed by atoms with Crippen molar-refractivity contribution < 1.29 is 8.83 Å². The number of anilines is 6. The first-order valence-corrected chi connectivity index (χ1v) is 36.1. The maximum absolute atomic E-state index is 6.34.